The van der Waals surface area contributed by atoms with E-state index in [0.29, 0.717) is 6.04 Å². The number of halogens is 1. The molecule has 2 heterocycles. The highest BCUT2D eigenvalue weighted by Crippen LogP contribution is 2.22. The van der Waals surface area contributed by atoms with Gasteiger partial charge >= 0.3 is 0 Å². The first-order chi connectivity index (χ1) is 9.28. The Morgan fingerprint density at radius 2 is 2.42 bits per heavy atom. The van der Waals surface area contributed by atoms with Crippen LogP contribution in [0.3, 0.4) is 0 Å². The maximum atomic E-state index is 6.05. The quantitative estimate of drug-likeness (QED) is 0.944. The smallest absolute Gasteiger partial charge is 0.111 e. The molecule has 1 aromatic heterocycles. The molecule has 1 N–H and O–H groups in total. The van der Waals surface area contributed by atoms with Crippen molar-refractivity contribution < 1.29 is 0 Å². The van der Waals surface area contributed by atoms with Gasteiger partial charge in [-0.25, -0.2) is 4.98 Å². The Balaban J connectivity index is 1.93. The van der Waals surface area contributed by atoms with Crippen molar-refractivity contribution >= 4 is 34.4 Å². The number of nitrogens with zero attached hydrogens (tertiary/aromatic N) is 2. The third-order valence-corrected chi connectivity index (χ3v) is 4.90. The molecule has 1 saturated heterocycles. The molecule has 0 saturated carbocycles. The maximum absolute atomic E-state index is 6.05. The summed E-state index contributed by atoms with van der Waals surface area (Å²) in [5, 5.41) is 4.33. The van der Waals surface area contributed by atoms with Gasteiger partial charge < -0.3 is 9.88 Å². The summed E-state index contributed by atoms with van der Waals surface area (Å²) in [4.78, 5) is 4.77. The van der Waals surface area contributed by atoms with E-state index in [4.69, 9.17) is 16.6 Å². The van der Waals surface area contributed by atoms with Crippen LogP contribution in [0.1, 0.15) is 12.7 Å². The van der Waals surface area contributed by atoms with E-state index in [2.05, 4.69) is 22.9 Å². The van der Waals surface area contributed by atoms with E-state index in [9.17, 15) is 0 Å². The van der Waals surface area contributed by atoms with Crippen LogP contribution in [0.25, 0.3) is 11.0 Å². The fourth-order valence-electron chi connectivity index (χ4n) is 2.63. The molecular formula is C14H18ClN3S. The van der Waals surface area contributed by atoms with Crippen LogP contribution in [-0.2, 0) is 13.0 Å². The zero-order chi connectivity index (χ0) is 13.2. The van der Waals surface area contributed by atoms with Gasteiger partial charge in [0.2, 0.25) is 0 Å². The summed E-state index contributed by atoms with van der Waals surface area (Å²) >= 11 is 8.07. The largest absolute Gasteiger partial charge is 0.328 e. The van der Waals surface area contributed by atoms with Crippen molar-refractivity contribution in [2.75, 3.05) is 18.1 Å². The Hall–Kier alpha value is -0.710. The maximum Gasteiger partial charge on any atom is 0.111 e. The molecule has 102 valence electrons. The van der Waals surface area contributed by atoms with Crippen LogP contribution in [-0.4, -0.2) is 33.6 Å². The Labute approximate surface area is 122 Å². The fourth-order valence-corrected chi connectivity index (χ4v) is 3.75. The van der Waals surface area contributed by atoms with E-state index in [0.717, 1.165) is 30.0 Å². The molecule has 1 atom stereocenters. The molecule has 1 aromatic carbocycles. The SMILES string of the molecule is CCn1c(CC2CSCCN2)nc2cc(Cl)ccc21. The molecule has 1 fully saturated rings. The van der Waals surface area contributed by atoms with Crippen molar-refractivity contribution in [1.29, 1.82) is 0 Å². The van der Waals surface area contributed by atoms with Crippen molar-refractivity contribution in [3.8, 4) is 0 Å². The predicted octanol–water partition coefficient (Wildman–Crippen LogP) is 2.96. The Morgan fingerprint density at radius 1 is 1.53 bits per heavy atom. The molecule has 0 bridgehead atoms. The number of thioether (sulfide) groups is 1. The van der Waals surface area contributed by atoms with Crippen molar-refractivity contribution in [3.05, 3.63) is 29.0 Å². The number of fused-ring (bicyclic) bond motifs is 1. The zero-order valence-electron chi connectivity index (χ0n) is 11.0. The Kier molecular flexibility index (Phi) is 4.01. The molecule has 5 heteroatoms. The lowest BCUT2D eigenvalue weighted by Crippen LogP contribution is -2.39. The van der Waals surface area contributed by atoms with Crippen molar-refractivity contribution in [2.45, 2.75) is 25.9 Å². The van der Waals surface area contributed by atoms with Gasteiger partial charge in [0.25, 0.3) is 0 Å². The highest BCUT2D eigenvalue weighted by Gasteiger charge is 2.17. The van der Waals surface area contributed by atoms with Crippen molar-refractivity contribution in [2.24, 2.45) is 0 Å². The van der Waals surface area contributed by atoms with Crippen LogP contribution in [0, 0.1) is 0 Å². The number of aromatic nitrogens is 2. The van der Waals surface area contributed by atoms with Crippen LogP contribution in [0.5, 0.6) is 0 Å². The van der Waals surface area contributed by atoms with Crippen LogP contribution < -0.4 is 5.32 Å². The number of hydrogen-bond acceptors (Lipinski definition) is 3. The Morgan fingerprint density at radius 3 is 3.16 bits per heavy atom. The zero-order valence-corrected chi connectivity index (χ0v) is 12.6. The van der Waals surface area contributed by atoms with E-state index < -0.39 is 0 Å². The molecule has 1 unspecified atom stereocenters. The average molecular weight is 296 g/mol. The molecule has 0 aliphatic carbocycles. The topological polar surface area (TPSA) is 29.9 Å². The average Bonchev–Trinajstić information content (AvgIpc) is 2.76. The van der Waals surface area contributed by atoms with Crippen LogP contribution in [0.15, 0.2) is 18.2 Å². The van der Waals surface area contributed by atoms with Crippen LogP contribution in [0.4, 0.5) is 0 Å². The van der Waals surface area contributed by atoms with Gasteiger partial charge in [0, 0.05) is 42.1 Å². The third kappa shape index (κ3) is 2.76. The van der Waals surface area contributed by atoms with Crippen molar-refractivity contribution in [1.82, 2.24) is 14.9 Å². The van der Waals surface area contributed by atoms with E-state index in [1.807, 2.05) is 23.9 Å². The molecule has 19 heavy (non-hydrogen) atoms. The summed E-state index contributed by atoms with van der Waals surface area (Å²) in [6.45, 7) is 4.23. The first-order valence-electron chi connectivity index (χ1n) is 6.73. The first kappa shape index (κ1) is 13.3. The lowest BCUT2D eigenvalue weighted by molar-refractivity contribution is 0.537. The number of aryl methyl sites for hydroxylation is 1. The molecular weight excluding hydrogens is 278 g/mol. The number of nitrogens with one attached hydrogen (secondary N) is 1. The normalized spacial score (nSPS) is 20.0. The molecule has 1 aliphatic rings. The lowest BCUT2D eigenvalue weighted by atomic mass is 10.2. The minimum Gasteiger partial charge on any atom is -0.328 e. The van der Waals surface area contributed by atoms with E-state index in [-0.39, 0.29) is 0 Å². The van der Waals surface area contributed by atoms with Gasteiger partial charge in [-0.05, 0) is 25.1 Å². The van der Waals surface area contributed by atoms with Gasteiger partial charge in [0.05, 0.1) is 11.0 Å². The Bertz CT molecular complexity index is 575. The second kappa shape index (κ2) is 5.73. The number of rotatable bonds is 3. The monoisotopic (exact) mass is 295 g/mol. The number of benzene rings is 1. The summed E-state index contributed by atoms with van der Waals surface area (Å²) in [7, 11) is 0. The van der Waals surface area contributed by atoms with Gasteiger partial charge in [-0.1, -0.05) is 11.6 Å². The molecule has 0 radical (unpaired) electrons. The molecule has 0 amide bonds. The summed E-state index contributed by atoms with van der Waals surface area (Å²) < 4.78 is 2.30. The minimum atomic E-state index is 0.538. The lowest BCUT2D eigenvalue weighted by Gasteiger charge is -2.23. The van der Waals surface area contributed by atoms with Gasteiger partial charge in [-0.2, -0.15) is 11.8 Å². The van der Waals surface area contributed by atoms with E-state index in [1.165, 1.54) is 22.8 Å². The van der Waals surface area contributed by atoms with Gasteiger partial charge in [0.1, 0.15) is 5.82 Å². The van der Waals surface area contributed by atoms with Gasteiger partial charge in [0.15, 0.2) is 0 Å². The van der Waals surface area contributed by atoms with Gasteiger partial charge in [-0.15, -0.1) is 0 Å². The highest BCUT2D eigenvalue weighted by atomic mass is 35.5. The molecule has 2 aromatic rings. The minimum absolute atomic E-state index is 0.538. The van der Waals surface area contributed by atoms with Crippen LogP contribution in [0.2, 0.25) is 5.02 Å². The molecule has 0 spiro atoms. The molecule has 3 rings (SSSR count). The predicted molar refractivity (Wildman–Crippen MR) is 83.2 cm³/mol. The van der Waals surface area contributed by atoms with Crippen molar-refractivity contribution in [3.63, 3.8) is 0 Å². The van der Waals surface area contributed by atoms with E-state index in [1.54, 1.807) is 0 Å². The first-order valence-corrected chi connectivity index (χ1v) is 8.27. The summed E-state index contributed by atoms with van der Waals surface area (Å²) in [6, 6.07) is 6.50. The third-order valence-electron chi connectivity index (χ3n) is 3.53. The van der Waals surface area contributed by atoms with Crippen LogP contribution >= 0.6 is 23.4 Å². The standard InChI is InChI=1S/C14H18ClN3S/c1-2-18-13-4-3-10(15)7-12(13)17-14(18)8-11-9-19-6-5-16-11/h3-4,7,11,16H,2,5-6,8-9H2,1H3. The highest BCUT2D eigenvalue weighted by molar-refractivity contribution is 7.99. The number of hydrogen-bond donors (Lipinski definition) is 1. The molecule has 3 nitrogen and oxygen atoms in total. The van der Waals surface area contributed by atoms with Gasteiger partial charge in [-0.3, -0.25) is 0 Å². The summed E-state index contributed by atoms with van der Waals surface area (Å²) in [5.74, 6) is 3.56. The summed E-state index contributed by atoms with van der Waals surface area (Å²) in [5.41, 5.74) is 2.19. The molecule has 1 aliphatic heterocycles. The summed E-state index contributed by atoms with van der Waals surface area (Å²) in [6.07, 6.45) is 0.993. The second-order valence-electron chi connectivity index (χ2n) is 4.84. The fraction of sp³-hybridized carbons (Fsp3) is 0.500. The van der Waals surface area contributed by atoms with E-state index >= 15 is 0 Å². The second-order valence-corrected chi connectivity index (χ2v) is 6.42. The number of imidazole rings is 1.